The molecule has 0 amide bonds. The first-order valence-electron chi connectivity index (χ1n) is 1.94. The highest BCUT2D eigenvalue weighted by Gasteiger charge is 2.31. The van der Waals surface area contributed by atoms with E-state index in [2.05, 4.69) is 0 Å². The summed E-state index contributed by atoms with van der Waals surface area (Å²) < 4.78 is 23.3. The van der Waals surface area contributed by atoms with Crippen LogP contribution in [0.4, 0.5) is 8.78 Å². The third-order valence-electron chi connectivity index (χ3n) is 0.602. The van der Waals surface area contributed by atoms with Crippen LogP contribution in [0.15, 0.2) is 0 Å². The summed E-state index contributed by atoms with van der Waals surface area (Å²) in [6, 6.07) is 1.01. The van der Waals surface area contributed by atoms with Crippen molar-refractivity contribution in [1.29, 1.82) is 5.26 Å². The average Bonchev–Trinajstić information content (AvgIpc) is 1.62. The molecule has 0 aliphatic rings. The number of nitrogens with zero attached hydrogens (tertiary/aromatic N) is 1. The Morgan fingerprint density at radius 3 is 2.12 bits per heavy atom. The molecule has 0 saturated heterocycles. The van der Waals surface area contributed by atoms with Gasteiger partial charge < -0.3 is 5.11 Å². The molecule has 0 fully saturated rings. The van der Waals surface area contributed by atoms with Crippen molar-refractivity contribution >= 4 is 0 Å². The van der Waals surface area contributed by atoms with Crippen LogP contribution in [0.2, 0.25) is 0 Å². The van der Waals surface area contributed by atoms with E-state index < -0.39 is 12.0 Å². The maximum Gasteiger partial charge on any atom is 0.283 e. The van der Waals surface area contributed by atoms with Gasteiger partial charge in [0.1, 0.15) is 6.07 Å². The van der Waals surface area contributed by atoms with Gasteiger partial charge in [-0.05, 0) is 0 Å². The Bertz CT molecular complexity index is 112. The quantitative estimate of drug-likeness (QED) is 0.514. The summed E-state index contributed by atoms with van der Waals surface area (Å²) in [5.41, 5.74) is 0. The molecule has 46 valence electrons. The number of nitriles is 1. The third-order valence-corrected chi connectivity index (χ3v) is 0.602. The van der Waals surface area contributed by atoms with Gasteiger partial charge in [0, 0.05) is 6.92 Å². The highest BCUT2D eigenvalue weighted by Crippen LogP contribution is 2.15. The van der Waals surface area contributed by atoms with Crippen LogP contribution in [0.3, 0.4) is 0 Å². The fourth-order valence-corrected chi connectivity index (χ4v) is 0.113. The molecule has 0 spiro atoms. The Kier molecular flexibility index (Phi) is 1.88. The standard InChI is InChI=1S/C4H5F2NO/c1-4(5,6)3(8)2-7/h3,8H,1H3. The minimum atomic E-state index is -3.30. The van der Waals surface area contributed by atoms with E-state index in [4.69, 9.17) is 10.4 Å². The van der Waals surface area contributed by atoms with Gasteiger partial charge in [-0.3, -0.25) is 0 Å². The van der Waals surface area contributed by atoms with Crippen LogP contribution in [0, 0.1) is 11.3 Å². The molecule has 0 aromatic rings. The molecule has 0 rings (SSSR count). The summed E-state index contributed by atoms with van der Waals surface area (Å²) in [6.45, 7) is 0.487. The van der Waals surface area contributed by atoms with Crippen molar-refractivity contribution in [2.24, 2.45) is 0 Å². The van der Waals surface area contributed by atoms with Crippen LogP contribution in [0.25, 0.3) is 0 Å². The van der Waals surface area contributed by atoms with E-state index in [-0.39, 0.29) is 0 Å². The zero-order chi connectivity index (χ0) is 6.78. The smallest absolute Gasteiger partial charge is 0.283 e. The Balaban J connectivity index is 3.87. The molecule has 0 bridgehead atoms. The SMILES string of the molecule is CC(F)(F)C(O)C#N. The fraction of sp³-hybridized carbons (Fsp3) is 0.750. The Morgan fingerprint density at radius 2 is 2.12 bits per heavy atom. The van der Waals surface area contributed by atoms with Crippen LogP contribution in [-0.4, -0.2) is 17.1 Å². The summed E-state index contributed by atoms with van der Waals surface area (Å²) in [5.74, 6) is -3.30. The van der Waals surface area contributed by atoms with Gasteiger partial charge in [-0.1, -0.05) is 0 Å². The second-order valence-corrected chi connectivity index (χ2v) is 1.49. The Hall–Kier alpha value is -0.690. The second kappa shape index (κ2) is 2.05. The molecule has 1 atom stereocenters. The lowest BCUT2D eigenvalue weighted by Gasteiger charge is -2.08. The van der Waals surface area contributed by atoms with E-state index in [1.165, 1.54) is 0 Å². The number of hydrogen-bond donors (Lipinski definition) is 1. The van der Waals surface area contributed by atoms with Crippen molar-refractivity contribution in [2.75, 3.05) is 0 Å². The van der Waals surface area contributed by atoms with Crippen molar-refractivity contribution in [2.45, 2.75) is 19.0 Å². The molecular weight excluding hydrogens is 116 g/mol. The van der Waals surface area contributed by atoms with Gasteiger partial charge in [0.2, 0.25) is 6.10 Å². The summed E-state index contributed by atoms with van der Waals surface area (Å²) >= 11 is 0. The lowest BCUT2D eigenvalue weighted by molar-refractivity contribution is -0.0666. The molecule has 0 aromatic heterocycles. The third kappa shape index (κ3) is 1.85. The van der Waals surface area contributed by atoms with Crippen molar-refractivity contribution in [3.63, 3.8) is 0 Å². The Morgan fingerprint density at radius 1 is 1.75 bits per heavy atom. The van der Waals surface area contributed by atoms with Gasteiger partial charge >= 0.3 is 0 Å². The zero-order valence-corrected chi connectivity index (χ0v) is 4.23. The van der Waals surface area contributed by atoms with Crippen LogP contribution in [-0.2, 0) is 0 Å². The van der Waals surface area contributed by atoms with Gasteiger partial charge in [-0.15, -0.1) is 0 Å². The van der Waals surface area contributed by atoms with E-state index in [0.717, 1.165) is 6.07 Å². The van der Waals surface area contributed by atoms with Crippen molar-refractivity contribution in [3.05, 3.63) is 0 Å². The molecule has 8 heavy (non-hydrogen) atoms. The second-order valence-electron chi connectivity index (χ2n) is 1.49. The van der Waals surface area contributed by atoms with E-state index in [0.29, 0.717) is 6.92 Å². The molecule has 0 aliphatic carbocycles. The molecule has 4 heteroatoms. The lowest BCUT2D eigenvalue weighted by atomic mass is 10.2. The molecule has 0 heterocycles. The molecule has 0 saturated carbocycles. The van der Waals surface area contributed by atoms with Crippen molar-refractivity contribution in [1.82, 2.24) is 0 Å². The minimum absolute atomic E-state index is 0.487. The average molecular weight is 121 g/mol. The maximum atomic E-state index is 11.6. The highest BCUT2D eigenvalue weighted by molar-refractivity contribution is 4.90. The van der Waals surface area contributed by atoms with E-state index in [1.807, 2.05) is 0 Å². The van der Waals surface area contributed by atoms with Crippen LogP contribution in [0.5, 0.6) is 0 Å². The van der Waals surface area contributed by atoms with Crippen LogP contribution >= 0.6 is 0 Å². The minimum Gasteiger partial charge on any atom is -0.373 e. The van der Waals surface area contributed by atoms with E-state index >= 15 is 0 Å². The summed E-state index contributed by atoms with van der Waals surface area (Å²) in [5, 5.41) is 15.8. The number of halogens is 2. The predicted molar refractivity (Wildman–Crippen MR) is 22.2 cm³/mol. The van der Waals surface area contributed by atoms with E-state index in [1.54, 1.807) is 0 Å². The molecule has 0 aliphatic heterocycles. The van der Waals surface area contributed by atoms with E-state index in [9.17, 15) is 8.78 Å². The first-order valence-corrected chi connectivity index (χ1v) is 1.94. The lowest BCUT2D eigenvalue weighted by Crippen LogP contribution is -2.27. The first kappa shape index (κ1) is 7.31. The normalized spacial score (nSPS) is 14.9. The monoisotopic (exact) mass is 121 g/mol. The first-order chi connectivity index (χ1) is 3.48. The van der Waals surface area contributed by atoms with Crippen molar-refractivity contribution in [3.8, 4) is 6.07 Å². The summed E-state index contributed by atoms with van der Waals surface area (Å²) in [6.07, 6.45) is -2.18. The zero-order valence-electron chi connectivity index (χ0n) is 4.23. The topological polar surface area (TPSA) is 44.0 Å². The van der Waals surface area contributed by atoms with Gasteiger partial charge in [-0.2, -0.15) is 5.26 Å². The molecular formula is C4H5F2NO. The number of aliphatic hydroxyl groups excluding tert-OH is 1. The summed E-state index contributed by atoms with van der Waals surface area (Å²) in [4.78, 5) is 0. The van der Waals surface area contributed by atoms with Crippen molar-refractivity contribution < 1.29 is 13.9 Å². The number of rotatable bonds is 1. The number of alkyl halides is 2. The Labute approximate surface area is 45.4 Å². The summed E-state index contributed by atoms with van der Waals surface area (Å²) in [7, 11) is 0. The number of aliphatic hydroxyl groups is 1. The number of hydrogen-bond acceptors (Lipinski definition) is 2. The highest BCUT2D eigenvalue weighted by atomic mass is 19.3. The molecule has 1 N–H and O–H groups in total. The van der Waals surface area contributed by atoms with Gasteiger partial charge in [0.25, 0.3) is 5.92 Å². The molecule has 0 radical (unpaired) electrons. The fourth-order valence-electron chi connectivity index (χ4n) is 0.113. The van der Waals surface area contributed by atoms with Crippen LogP contribution < -0.4 is 0 Å². The largest absolute Gasteiger partial charge is 0.373 e. The maximum absolute atomic E-state index is 11.6. The predicted octanol–water partition coefficient (Wildman–Crippen LogP) is 0.526. The molecule has 2 nitrogen and oxygen atoms in total. The van der Waals surface area contributed by atoms with Gasteiger partial charge in [0.05, 0.1) is 0 Å². The van der Waals surface area contributed by atoms with Gasteiger partial charge in [-0.25, -0.2) is 8.78 Å². The molecule has 0 aromatic carbocycles. The molecule has 1 unspecified atom stereocenters. The van der Waals surface area contributed by atoms with Crippen LogP contribution in [0.1, 0.15) is 6.92 Å². The van der Waals surface area contributed by atoms with Gasteiger partial charge in [0.15, 0.2) is 0 Å².